The summed E-state index contributed by atoms with van der Waals surface area (Å²) >= 11 is 0. The third kappa shape index (κ3) is 2.55. The highest BCUT2D eigenvalue weighted by molar-refractivity contribution is 5.95. The zero-order valence-corrected chi connectivity index (χ0v) is 14.3. The minimum atomic E-state index is -0.303. The van der Waals surface area contributed by atoms with Crippen LogP contribution in [0.2, 0.25) is 0 Å². The lowest BCUT2D eigenvalue weighted by Gasteiger charge is -2.25. The van der Waals surface area contributed by atoms with Gasteiger partial charge < -0.3 is 10.1 Å². The third-order valence-corrected chi connectivity index (χ3v) is 4.50. The number of hydrogen-bond acceptors (Lipinski definition) is 5. The summed E-state index contributed by atoms with van der Waals surface area (Å²) in [5.41, 5.74) is 2.33. The Labute approximate surface area is 148 Å². The molecule has 1 aromatic carbocycles. The maximum Gasteiger partial charge on any atom is 0.264 e. The van der Waals surface area contributed by atoms with Gasteiger partial charge in [-0.3, -0.25) is 9.59 Å². The van der Waals surface area contributed by atoms with Crippen molar-refractivity contribution in [3.63, 3.8) is 0 Å². The molecule has 1 unspecified atom stereocenters. The number of carbonyl (C=O) groups is 1. The summed E-state index contributed by atoms with van der Waals surface area (Å²) in [7, 11) is 1.61. The van der Waals surface area contributed by atoms with Gasteiger partial charge >= 0.3 is 0 Å². The molecule has 3 heterocycles. The molecule has 8 nitrogen and oxygen atoms in total. The van der Waals surface area contributed by atoms with E-state index < -0.39 is 0 Å². The first-order valence-corrected chi connectivity index (χ1v) is 8.17. The average molecular weight is 351 g/mol. The van der Waals surface area contributed by atoms with Gasteiger partial charge in [0.05, 0.1) is 12.8 Å². The number of rotatable bonds is 3. The lowest BCUT2D eigenvalue weighted by molar-refractivity contribution is -0.116. The van der Waals surface area contributed by atoms with Crippen molar-refractivity contribution in [2.75, 3.05) is 12.4 Å². The van der Waals surface area contributed by atoms with E-state index in [9.17, 15) is 9.59 Å². The lowest BCUT2D eigenvalue weighted by Crippen LogP contribution is -2.25. The molecule has 26 heavy (non-hydrogen) atoms. The van der Waals surface area contributed by atoms with E-state index in [2.05, 4.69) is 20.6 Å². The van der Waals surface area contributed by atoms with Crippen LogP contribution in [0.25, 0.3) is 5.82 Å². The van der Waals surface area contributed by atoms with Crippen LogP contribution in [0, 0.1) is 6.92 Å². The Hall–Kier alpha value is -3.42. The first-order valence-electron chi connectivity index (χ1n) is 8.17. The van der Waals surface area contributed by atoms with Gasteiger partial charge in [-0.15, -0.1) is 0 Å². The fourth-order valence-corrected chi connectivity index (χ4v) is 3.39. The van der Waals surface area contributed by atoms with Crippen molar-refractivity contribution in [2.24, 2.45) is 0 Å². The Morgan fingerprint density at radius 1 is 1.19 bits per heavy atom. The number of amides is 1. The number of H-pyrrole nitrogens is 1. The van der Waals surface area contributed by atoms with Crippen molar-refractivity contribution in [2.45, 2.75) is 19.3 Å². The van der Waals surface area contributed by atoms with Crippen LogP contribution in [-0.4, -0.2) is 33.0 Å². The molecule has 1 aliphatic heterocycles. The van der Waals surface area contributed by atoms with E-state index in [0.29, 0.717) is 18.1 Å². The maximum absolute atomic E-state index is 12.4. The van der Waals surface area contributed by atoms with Gasteiger partial charge in [0.15, 0.2) is 5.82 Å². The molecular formula is C18H17N5O3. The first kappa shape index (κ1) is 16.1. The number of nitrogens with one attached hydrogen (secondary N) is 2. The van der Waals surface area contributed by atoms with E-state index in [1.807, 2.05) is 31.2 Å². The number of aryl methyl sites for hydroxylation is 1. The van der Waals surface area contributed by atoms with Gasteiger partial charge in [0.2, 0.25) is 5.91 Å². The minimum Gasteiger partial charge on any atom is -0.496 e. The van der Waals surface area contributed by atoms with Crippen molar-refractivity contribution < 1.29 is 9.53 Å². The molecule has 4 rings (SSSR count). The van der Waals surface area contributed by atoms with E-state index in [4.69, 9.17) is 4.74 Å². The summed E-state index contributed by atoms with van der Waals surface area (Å²) in [5.74, 6) is 1.43. The van der Waals surface area contributed by atoms with Crippen molar-refractivity contribution in [3.8, 4) is 11.6 Å². The lowest BCUT2D eigenvalue weighted by atomic mass is 9.85. The highest BCUT2D eigenvalue weighted by atomic mass is 16.5. The van der Waals surface area contributed by atoms with Gasteiger partial charge in [0.1, 0.15) is 11.6 Å². The summed E-state index contributed by atoms with van der Waals surface area (Å²) in [5, 5.41) is 13.8. The maximum atomic E-state index is 12.4. The molecule has 1 atom stereocenters. The number of aromatic nitrogens is 4. The highest BCUT2D eigenvalue weighted by Gasteiger charge is 2.34. The molecule has 0 radical (unpaired) electrons. The number of hydrogen-bond donors (Lipinski definition) is 2. The van der Waals surface area contributed by atoms with Crippen molar-refractivity contribution in [3.05, 3.63) is 63.6 Å². The molecule has 2 aromatic heterocycles. The largest absolute Gasteiger partial charge is 0.496 e. The van der Waals surface area contributed by atoms with Crippen LogP contribution >= 0.6 is 0 Å². The average Bonchev–Trinajstić information content (AvgIpc) is 2.98. The van der Waals surface area contributed by atoms with Gasteiger partial charge in [-0.2, -0.15) is 14.9 Å². The molecule has 3 aromatic rings. The summed E-state index contributed by atoms with van der Waals surface area (Å²) in [4.78, 5) is 23.7. The Morgan fingerprint density at radius 2 is 2.00 bits per heavy atom. The van der Waals surface area contributed by atoms with E-state index in [1.165, 1.54) is 6.07 Å². The van der Waals surface area contributed by atoms with Crippen molar-refractivity contribution in [1.29, 1.82) is 0 Å². The number of nitrogens with zero attached hydrogens (tertiary/aromatic N) is 3. The number of fused-ring (bicyclic) bond motifs is 1. The number of carbonyl (C=O) groups excluding carboxylic acids is 1. The van der Waals surface area contributed by atoms with E-state index >= 15 is 0 Å². The van der Waals surface area contributed by atoms with Gasteiger partial charge in [0, 0.05) is 29.5 Å². The molecule has 132 valence electrons. The van der Waals surface area contributed by atoms with Crippen LogP contribution in [0.15, 0.2) is 41.2 Å². The summed E-state index contributed by atoms with van der Waals surface area (Å²) in [6, 6.07) is 10.6. The number of para-hydroxylation sites is 1. The molecular weight excluding hydrogens is 334 g/mol. The second-order valence-electron chi connectivity index (χ2n) is 6.09. The standard InChI is InChI=1S/C18H17N5O3/c1-10-17-12(11-5-3-4-6-13(11)26-2)9-16(25)19-18(17)23(22-10)14-7-8-15(24)21-20-14/h3-8,12H,9H2,1-2H3,(H,19,25)(H,21,24). The second kappa shape index (κ2) is 6.14. The number of benzene rings is 1. The van der Waals surface area contributed by atoms with Gasteiger partial charge in [-0.05, 0) is 19.1 Å². The third-order valence-electron chi connectivity index (χ3n) is 4.50. The molecule has 0 spiro atoms. The zero-order chi connectivity index (χ0) is 18.3. The topological polar surface area (TPSA) is 102 Å². The summed E-state index contributed by atoms with van der Waals surface area (Å²) in [6.07, 6.45) is 0.305. The Bertz CT molecular complexity index is 1030. The Kier molecular flexibility index (Phi) is 3.80. The Morgan fingerprint density at radius 3 is 2.73 bits per heavy atom. The van der Waals surface area contributed by atoms with E-state index in [0.717, 1.165) is 22.6 Å². The molecule has 1 aliphatic rings. The molecule has 0 aliphatic carbocycles. The predicted octanol–water partition coefficient (Wildman–Crippen LogP) is 1.75. The highest BCUT2D eigenvalue weighted by Crippen LogP contribution is 2.42. The first-order chi connectivity index (χ1) is 12.6. The normalized spacial score (nSPS) is 16.1. The smallest absolute Gasteiger partial charge is 0.264 e. The molecule has 8 heteroatoms. The number of methoxy groups -OCH3 is 1. The molecule has 2 N–H and O–H groups in total. The monoisotopic (exact) mass is 351 g/mol. The fourth-order valence-electron chi connectivity index (χ4n) is 3.39. The number of ether oxygens (including phenoxy) is 1. The Balaban J connectivity index is 1.90. The summed E-state index contributed by atoms with van der Waals surface area (Å²) < 4.78 is 7.02. The van der Waals surface area contributed by atoms with Gasteiger partial charge in [0.25, 0.3) is 5.56 Å². The van der Waals surface area contributed by atoms with Crippen LogP contribution in [-0.2, 0) is 4.79 Å². The molecule has 0 bridgehead atoms. The van der Waals surface area contributed by atoms with Gasteiger partial charge in [-0.1, -0.05) is 18.2 Å². The van der Waals surface area contributed by atoms with Gasteiger partial charge in [-0.25, -0.2) is 5.10 Å². The number of anilines is 1. The quantitative estimate of drug-likeness (QED) is 0.748. The van der Waals surface area contributed by atoms with Crippen molar-refractivity contribution in [1.82, 2.24) is 20.0 Å². The molecule has 0 saturated carbocycles. The second-order valence-corrected chi connectivity index (χ2v) is 6.09. The van der Waals surface area contributed by atoms with Crippen LogP contribution < -0.4 is 15.6 Å². The fraction of sp³-hybridized carbons (Fsp3) is 0.222. The van der Waals surface area contributed by atoms with Crippen LogP contribution in [0.1, 0.15) is 29.2 Å². The van der Waals surface area contributed by atoms with Crippen LogP contribution in [0.5, 0.6) is 5.75 Å². The zero-order valence-electron chi connectivity index (χ0n) is 14.3. The van der Waals surface area contributed by atoms with E-state index in [1.54, 1.807) is 17.9 Å². The SMILES string of the molecule is COc1ccccc1C1CC(=O)Nc2c1c(C)nn2-c1ccc(=O)[nH]n1. The molecule has 0 saturated heterocycles. The molecule has 0 fully saturated rings. The van der Waals surface area contributed by atoms with E-state index in [-0.39, 0.29) is 17.4 Å². The number of aromatic amines is 1. The molecule has 1 amide bonds. The van der Waals surface area contributed by atoms with Crippen LogP contribution in [0.4, 0.5) is 5.82 Å². The van der Waals surface area contributed by atoms with Crippen LogP contribution in [0.3, 0.4) is 0 Å². The minimum absolute atomic E-state index is 0.112. The summed E-state index contributed by atoms with van der Waals surface area (Å²) in [6.45, 7) is 1.89. The van der Waals surface area contributed by atoms with Crippen molar-refractivity contribution >= 4 is 11.7 Å². The predicted molar refractivity (Wildman–Crippen MR) is 94.8 cm³/mol.